The number of nitrogens with one attached hydrogen (secondary N) is 1. The van der Waals surface area contributed by atoms with E-state index in [1.807, 2.05) is 0 Å². The van der Waals surface area contributed by atoms with E-state index in [4.69, 9.17) is 11.6 Å². The van der Waals surface area contributed by atoms with Crippen molar-refractivity contribution < 1.29 is 13.5 Å². The van der Waals surface area contributed by atoms with E-state index >= 15 is 0 Å². The van der Waals surface area contributed by atoms with Gasteiger partial charge in [-0.2, -0.15) is 0 Å². The first-order valence-corrected chi connectivity index (χ1v) is 9.74. The lowest BCUT2D eigenvalue weighted by Crippen LogP contribution is -2.45. The lowest BCUT2D eigenvalue weighted by molar-refractivity contribution is 0.101. The second kappa shape index (κ2) is 7.19. The van der Waals surface area contributed by atoms with Gasteiger partial charge in [0.1, 0.15) is 0 Å². The topological polar surface area (TPSA) is 79.3 Å². The van der Waals surface area contributed by atoms with Crippen molar-refractivity contribution in [1.82, 2.24) is 9.71 Å². The number of nitrogens with zero attached hydrogens (tertiary/aromatic N) is 1. The van der Waals surface area contributed by atoms with Crippen LogP contribution in [-0.4, -0.2) is 30.7 Å². The van der Waals surface area contributed by atoms with Crippen molar-refractivity contribution in [2.24, 2.45) is 0 Å². The summed E-state index contributed by atoms with van der Waals surface area (Å²) in [5.41, 5.74) is 1.05. The number of rotatable bonds is 4. The van der Waals surface area contributed by atoms with Gasteiger partial charge >= 0.3 is 0 Å². The number of sulfonamides is 1. The number of aromatic nitrogens is 1. The maximum Gasteiger partial charge on any atom is 0.241 e. The van der Waals surface area contributed by atoms with Crippen LogP contribution in [0.2, 0.25) is 5.02 Å². The van der Waals surface area contributed by atoms with Crippen molar-refractivity contribution in [3.8, 4) is 11.1 Å². The van der Waals surface area contributed by atoms with E-state index in [-0.39, 0.29) is 4.90 Å². The number of aliphatic hydroxyl groups is 1. The zero-order valence-electron chi connectivity index (χ0n) is 13.0. The van der Waals surface area contributed by atoms with Gasteiger partial charge in [-0.15, -0.1) is 0 Å². The molecule has 0 saturated heterocycles. The average Bonchev–Trinajstić information content (AvgIpc) is 2.57. The SMILES string of the molecule is O=S(=O)(NC1CCCCC1O)c1cccc(Cl)c1-c1cccnc1. The van der Waals surface area contributed by atoms with Crippen molar-refractivity contribution in [3.05, 3.63) is 47.7 Å². The van der Waals surface area contributed by atoms with E-state index in [9.17, 15) is 13.5 Å². The molecule has 1 aromatic heterocycles. The third-order valence-corrected chi connectivity index (χ3v) is 6.10. The molecule has 2 N–H and O–H groups in total. The molecule has 1 aliphatic rings. The van der Waals surface area contributed by atoms with Gasteiger partial charge in [0, 0.05) is 34.6 Å². The zero-order chi connectivity index (χ0) is 17.2. The molecule has 1 heterocycles. The Labute approximate surface area is 146 Å². The number of pyridine rings is 1. The summed E-state index contributed by atoms with van der Waals surface area (Å²) in [6.45, 7) is 0. The van der Waals surface area contributed by atoms with Gasteiger partial charge in [-0.1, -0.05) is 36.6 Å². The van der Waals surface area contributed by atoms with E-state index in [0.29, 0.717) is 29.0 Å². The Morgan fingerprint density at radius 3 is 2.67 bits per heavy atom. The number of benzene rings is 1. The van der Waals surface area contributed by atoms with Crippen LogP contribution < -0.4 is 4.72 Å². The first-order valence-electron chi connectivity index (χ1n) is 7.88. The molecule has 1 aromatic carbocycles. The van der Waals surface area contributed by atoms with Crippen LogP contribution in [0.5, 0.6) is 0 Å². The fourth-order valence-corrected chi connectivity index (χ4v) is 4.93. The van der Waals surface area contributed by atoms with Crippen LogP contribution in [0.25, 0.3) is 11.1 Å². The number of aliphatic hydroxyl groups excluding tert-OH is 1. The van der Waals surface area contributed by atoms with Crippen LogP contribution >= 0.6 is 11.6 Å². The molecule has 7 heteroatoms. The standard InChI is InChI=1S/C17H19ClN2O3S/c18-13-6-3-9-16(17(13)12-5-4-10-19-11-12)24(22,23)20-14-7-1-2-8-15(14)21/h3-6,9-11,14-15,20-21H,1-2,7-8H2. The maximum atomic E-state index is 12.9. The van der Waals surface area contributed by atoms with Crippen LogP contribution in [0.1, 0.15) is 25.7 Å². The summed E-state index contributed by atoms with van der Waals surface area (Å²) in [5.74, 6) is 0. The van der Waals surface area contributed by atoms with Gasteiger partial charge in [0.25, 0.3) is 0 Å². The minimum Gasteiger partial charge on any atom is -0.391 e. The Kier molecular flexibility index (Phi) is 5.20. The minimum absolute atomic E-state index is 0.0979. The van der Waals surface area contributed by atoms with Gasteiger partial charge in [-0.05, 0) is 31.0 Å². The molecule has 3 rings (SSSR count). The van der Waals surface area contributed by atoms with E-state index in [2.05, 4.69) is 9.71 Å². The molecule has 1 saturated carbocycles. The molecule has 0 amide bonds. The van der Waals surface area contributed by atoms with E-state index in [1.165, 1.54) is 6.07 Å². The van der Waals surface area contributed by atoms with Crippen molar-refractivity contribution >= 4 is 21.6 Å². The number of hydrogen-bond donors (Lipinski definition) is 2. The largest absolute Gasteiger partial charge is 0.391 e. The third-order valence-electron chi connectivity index (χ3n) is 4.25. The number of hydrogen-bond acceptors (Lipinski definition) is 4. The molecule has 24 heavy (non-hydrogen) atoms. The Morgan fingerprint density at radius 1 is 1.17 bits per heavy atom. The maximum absolute atomic E-state index is 12.9. The fraction of sp³-hybridized carbons (Fsp3) is 0.353. The van der Waals surface area contributed by atoms with Crippen LogP contribution in [0.3, 0.4) is 0 Å². The van der Waals surface area contributed by atoms with Gasteiger partial charge in [0.2, 0.25) is 10.0 Å². The third kappa shape index (κ3) is 3.62. The van der Waals surface area contributed by atoms with Crippen molar-refractivity contribution in [1.29, 1.82) is 0 Å². The first-order chi connectivity index (χ1) is 11.5. The van der Waals surface area contributed by atoms with Gasteiger partial charge in [0.05, 0.1) is 11.0 Å². The second-order valence-electron chi connectivity index (χ2n) is 5.93. The van der Waals surface area contributed by atoms with Gasteiger partial charge < -0.3 is 5.11 Å². The molecular weight excluding hydrogens is 348 g/mol. The molecule has 128 valence electrons. The summed E-state index contributed by atoms with van der Waals surface area (Å²) in [5, 5.41) is 10.4. The van der Waals surface area contributed by atoms with Crippen molar-refractivity contribution in [2.75, 3.05) is 0 Å². The molecule has 2 unspecified atom stereocenters. The van der Waals surface area contributed by atoms with Gasteiger partial charge in [-0.25, -0.2) is 13.1 Å². The summed E-state index contributed by atoms with van der Waals surface area (Å²) in [4.78, 5) is 4.14. The van der Waals surface area contributed by atoms with Gasteiger partial charge in [0.15, 0.2) is 0 Å². The van der Waals surface area contributed by atoms with Crippen LogP contribution in [0, 0.1) is 0 Å². The molecule has 0 aliphatic heterocycles. The summed E-state index contributed by atoms with van der Waals surface area (Å²) in [7, 11) is -3.82. The molecule has 5 nitrogen and oxygen atoms in total. The molecule has 0 bridgehead atoms. The van der Waals surface area contributed by atoms with Crippen LogP contribution in [-0.2, 0) is 10.0 Å². The molecule has 2 atom stereocenters. The highest BCUT2D eigenvalue weighted by Crippen LogP contribution is 2.34. The first kappa shape index (κ1) is 17.4. The molecular formula is C17H19ClN2O3S. The smallest absolute Gasteiger partial charge is 0.241 e. The van der Waals surface area contributed by atoms with Crippen LogP contribution in [0.15, 0.2) is 47.6 Å². The number of halogens is 1. The van der Waals surface area contributed by atoms with E-state index in [0.717, 1.165) is 12.8 Å². The van der Waals surface area contributed by atoms with Crippen LogP contribution in [0.4, 0.5) is 0 Å². The quantitative estimate of drug-likeness (QED) is 0.871. The molecule has 1 aliphatic carbocycles. The zero-order valence-corrected chi connectivity index (χ0v) is 14.6. The lowest BCUT2D eigenvalue weighted by atomic mass is 9.93. The Morgan fingerprint density at radius 2 is 1.96 bits per heavy atom. The molecule has 1 fully saturated rings. The fourth-order valence-electron chi connectivity index (χ4n) is 3.03. The summed E-state index contributed by atoms with van der Waals surface area (Å²) in [6.07, 6.45) is 5.59. The monoisotopic (exact) mass is 366 g/mol. The summed E-state index contributed by atoms with van der Waals surface area (Å²) in [6, 6.07) is 7.80. The highest BCUT2D eigenvalue weighted by molar-refractivity contribution is 7.89. The minimum atomic E-state index is -3.82. The molecule has 0 spiro atoms. The highest BCUT2D eigenvalue weighted by atomic mass is 35.5. The Bertz CT molecular complexity index is 812. The average molecular weight is 367 g/mol. The van der Waals surface area contributed by atoms with E-state index < -0.39 is 22.2 Å². The van der Waals surface area contributed by atoms with E-state index in [1.54, 1.807) is 36.7 Å². The highest BCUT2D eigenvalue weighted by Gasteiger charge is 2.30. The van der Waals surface area contributed by atoms with Crippen molar-refractivity contribution in [2.45, 2.75) is 42.7 Å². The predicted octanol–water partition coefficient (Wildman–Crippen LogP) is 2.98. The second-order valence-corrected chi connectivity index (χ2v) is 8.02. The molecule has 0 radical (unpaired) electrons. The lowest BCUT2D eigenvalue weighted by Gasteiger charge is -2.28. The predicted molar refractivity (Wildman–Crippen MR) is 93.3 cm³/mol. The molecule has 2 aromatic rings. The summed E-state index contributed by atoms with van der Waals surface area (Å²) < 4.78 is 28.4. The van der Waals surface area contributed by atoms with Crippen molar-refractivity contribution in [3.63, 3.8) is 0 Å². The Hall–Kier alpha value is -1.47. The normalized spacial score (nSPS) is 21.6. The Balaban J connectivity index is 2.01. The summed E-state index contributed by atoms with van der Waals surface area (Å²) >= 11 is 6.27. The van der Waals surface area contributed by atoms with Gasteiger partial charge in [-0.3, -0.25) is 4.98 Å².